The van der Waals surface area contributed by atoms with Crippen LogP contribution in [0.3, 0.4) is 0 Å². The molecule has 0 saturated carbocycles. The van der Waals surface area contributed by atoms with Gasteiger partial charge in [0.15, 0.2) is 5.78 Å². The predicted molar refractivity (Wildman–Crippen MR) is 100 cm³/mol. The molecule has 2 aromatic carbocycles. The van der Waals surface area contributed by atoms with Crippen molar-refractivity contribution in [3.05, 3.63) is 65.7 Å². The Kier molecular flexibility index (Phi) is 7.83. The van der Waals surface area contributed by atoms with Crippen molar-refractivity contribution in [1.29, 1.82) is 0 Å². The number of hydrogen-bond acceptors (Lipinski definition) is 4. The molecule has 2 aromatic rings. The Morgan fingerprint density at radius 2 is 1.69 bits per heavy atom. The summed E-state index contributed by atoms with van der Waals surface area (Å²) in [5, 5.41) is 2.62. The molecule has 0 aliphatic rings. The van der Waals surface area contributed by atoms with Gasteiger partial charge in [0.2, 0.25) is 5.91 Å². The van der Waals surface area contributed by atoms with Crippen molar-refractivity contribution in [2.45, 2.75) is 32.4 Å². The molecule has 1 amide bonds. The normalized spacial score (nSPS) is 11.6. The van der Waals surface area contributed by atoms with Crippen LogP contribution in [-0.4, -0.2) is 31.4 Å². The van der Waals surface area contributed by atoms with E-state index in [0.717, 1.165) is 16.9 Å². The van der Waals surface area contributed by atoms with Gasteiger partial charge in [0.05, 0.1) is 6.61 Å². The van der Waals surface area contributed by atoms with Gasteiger partial charge in [0.25, 0.3) is 0 Å². The molecule has 0 spiro atoms. The summed E-state index contributed by atoms with van der Waals surface area (Å²) in [6.07, 6.45) is 0.954. The maximum atomic E-state index is 12.2. The van der Waals surface area contributed by atoms with E-state index in [1.807, 2.05) is 54.6 Å². The molecule has 0 radical (unpaired) electrons. The van der Waals surface area contributed by atoms with E-state index in [4.69, 9.17) is 9.47 Å². The Bertz CT molecular complexity index is 698. The number of carbonyl (C=O) groups is 2. The Labute approximate surface area is 154 Å². The second-order valence-electron chi connectivity index (χ2n) is 6.09. The zero-order valence-electron chi connectivity index (χ0n) is 15.2. The van der Waals surface area contributed by atoms with Crippen molar-refractivity contribution in [3.63, 3.8) is 0 Å². The second kappa shape index (κ2) is 10.4. The third-order valence-electron chi connectivity index (χ3n) is 3.93. The number of ketones is 1. The van der Waals surface area contributed by atoms with Crippen molar-refractivity contribution in [2.24, 2.45) is 0 Å². The molecule has 0 fully saturated rings. The molecular formula is C21H25NO4. The average molecular weight is 355 g/mol. The maximum Gasteiger partial charge on any atom is 0.217 e. The minimum absolute atomic E-state index is 0.0357. The summed E-state index contributed by atoms with van der Waals surface area (Å²) in [4.78, 5) is 23.4. The smallest absolute Gasteiger partial charge is 0.217 e. The fourth-order valence-electron chi connectivity index (χ4n) is 2.56. The Balaban J connectivity index is 1.82. The van der Waals surface area contributed by atoms with Gasteiger partial charge < -0.3 is 14.8 Å². The number of nitrogens with one attached hydrogen (secondary N) is 1. The molecule has 2 rings (SSSR count). The molecule has 5 heteroatoms. The first-order chi connectivity index (χ1) is 12.6. The van der Waals surface area contributed by atoms with Crippen LogP contribution in [0.5, 0.6) is 5.75 Å². The van der Waals surface area contributed by atoms with Crippen molar-refractivity contribution < 1.29 is 19.1 Å². The first-order valence-corrected chi connectivity index (χ1v) is 8.63. The molecule has 0 aliphatic heterocycles. The van der Waals surface area contributed by atoms with Gasteiger partial charge in [-0.15, -0.1) is 0 Å². The van der Waals surface area contributed by atoms with Gasteiger partial charge in [0, 0.05) is 20.5 Å². The number of hydrogen-bond donors (Lipinski definition) is 1. The monoisotopic (exact) mass is 355 g/mol. The first-order valence-electron chi connectivity index (χ1n) is 8.63. The molecule has 0 unspecified atom stereocenters. The van der Waals surface area contributed by atoms with Gasteiger partial charge >= 0.3 is 0 Å². The quantitative estimate of drug-likeness (QED) is 0.712. The van der Waals surface area contributed by atoms with Crippen LogP contribution in [0.25, 0.3) is 0 Å². The number of methoxy groups -OCH3 is 1. The molecule has 5 nitrogen and oxygen atoms in total. The summed E-state index contributed by atoms with van der Waals surface area (Å²) in [7, 11) is 1.51. The Hall–Kier alpha value is -2.66. The fraction of sp³-hybridized carbons (Fsp3) is 0.333. The summed E-state index contributed by atoms with van der Waals surface area (Å²) in [5.74, 6) is 0.520. The molecule has 0 aliphatic carbocycles. The molecule has 138 valence electrons. The zero-order chi connectivity index (χ0) is 18.8. The zero-order valence-corrected chi connectivity index (χ0v) is 15.2. The number of ether oxygens (including phenoxy) is 2. The average Bonchev–Trinajstić information content (AvgIpc) is 2.65. The van der Waals surface area contributed by atoms with E-state index in [2.05, 4.69) is 5.32 Å². The highest BCUT2D eigenvalue weighted by Crippen LogP contribution is 2.15. The van der Waals surface area contributed by atoms with Crippen molar-refractivity contribution in [1.82, 2.24) is 5.32 Å². The SMILES string of the molecule is COC[C@@H](NC(C)=O)C(=O)CCc1ccc(OCc2ccccc2)cc1. The van der Waals surface area contributed by atoms with Gasteiger partial charge in [-0.1, -0.05) is 42.5 Å². The van der Waals surface area contributed by atoms with Crippen molar-refractivity contribution in [2.75, 3.05) is 13.7 Å². The molecule has 0 heterocycles. The second-order valence-corrected chi connectivity index (χ2v) is 6.09. The van der Waals surface area contributed by atoms with Crippen LogP contribution in [-0.2, 0) is 27.4 Å². The lowest BCUT2D eigenvalue weighted by molar-refractivity contribution is -0.128. The molecule has 1 N–H and O–H groups in total. The number of Topliss-reactive ketones (excluding diaryl/α,β-unsaturated/α-hetero) is 1. The highest BCUT2D eigenvalue weighted by atomic mass is 16.5. The topological polar surface area (TPSA) is 64.6 Å². The third kappa shape index (κ3) is 6.69. The van der Waals surface area contributed by atoms with Crippen molar-refractivity contribution >= 4 is 11.7 Å². The number of benzene rings is 2. The van der Waals surface area contributed by atoms with Gasteiger partial charge in [-0.05, 0) is 29.7 Å². The third-order valence-corrected chi connectivity index (χ3v) is 3.93. The van der Waals surface area contributed by atoms with E-state index in [1.54, 1.807) is 0 Å². The van der Waals surface area contributed by atoms with Crippen molar-refractivity contribution in [3.8, 4) is 5.75 Å². The van der Waals surface area contributed by atoms with E-state index >= 15 is 0 Å². The minimum atomic E-state index is -0.592. The summed E-state index contributed by atoms with van der Waals surface area (Å²) in [5.41, 5.74) is 2.16. The number of carbonyl (C=O) groups excluding carboxylic acids is 2. The highest BCUT2D eigenvalue weighted by Gasteiger charge is 2.18. The molecular weight excluding hydrogens is 330 g/mol. The highest BCUT2D eigenvalue weighted by molar-refractivity contribution is 5.88. The van der Waals surface area contributed by atoms with Gasteiger partial charge in [-0.3, -0.25) is 9.59 Å². The molecule has 0 aromatic heterocycles. The lowest BCUT2D eigenvalue weighted by Crippen LogP contribution is -2.43. The van der Waals surface area contributed by atoms with Crippen LogP contribution < -0.4 is 10.1 Å². The van der Waals surface area contributed by atoms with E-state index in [-0.39, 0.29) is 18.3 Å². The summed E-state index contributed by atoms with van der Waals surface area (Å²) in [6.45, 7) is 2.10. The number of amides is 1. The van der Waals surface area contributed by atoms with Crippen LogP contribution in [0, 0.1) is 0 Å². The summed E-state index contributed by atoms with van der Waals surface area (Å²) < 4.78 is 10.8. The lowest BCUT2D eigenvalue weighted by Gasteiger charge is -2.15. The van der Waals surface area contributed by atoms with Crippen LogP contribution in [0.15, 0.2) is 54.6 Å². The van der Waals surface area contributed by atoms with Gasteiger partial charge in [0.1, 0.15) is 18.4 Å². The lowest BCUT2D eigenvalue weighted by atomic mass is 10.0. The van der Waals surface area contributed by atoms with Crippen LogP contribution >= 0.6 is 0 Å². The van der Waals surface area contributed by atoms with E-state index in [0.29, 0.717) is 19.4 Å². The van der Waals surface area contributed by atoms with Crippen LogP contribution in [0.4, 0.5) is 0 Å². The molecule has 1 atom stereocenters. The van der Waals surface area contributed by atoms with E-state index in [1.165, 1.54) is 14.0 Å². The Morgan fingerprint density at radius 3 is 2.31 bits per heavy atom. The van der Waals surface area contributed by atoms with Gasteiger partial charge in [-0.25, -0.2) is 0 Å². The fourth-order valence-corrected chi connectivity index (χ4v) is 2.56. The minimum Gasteiger partial charge on any atom is -0.489 e. The largest absolute Gasteiger partial charge is 0.489 e. The number of rotatable bonds is 10. The molecule has 26 heavy (non-hydrogen) atoms. The number of aryl methyl sites for hydroxylation is 1. The van der Waals surface area contributed by atoms with E-state index in [9.17, 15) is 9.59 Å². The van der Waals surface area contributed by atoms with Crippen LogP contribution in [0.2, 0.25) is 0 Å². The standard InChI is InChI=1S/C21H25NO4/c1-16(23)22-20(15-25-2)21(24)13-10-17-8-11-19(12-9-17)26-14-18-6-4-3-5-7-18/h3-9,11-12,20H,10,13-15H2,1-2H3,(H,22,23)/t20-/m1/s1. The van der Waals surface area contributed by atoms with E-state index < -0.39 is 6.04 Å². The molecule has 0 saturated heterocycles. The summed E-state index contributed by atoms with van der Waals surface area (Å²) in [6, 6.07) is 17.1. The maximum absolute atomic E-state index is 12.2. The molecule has 0 bridgehead atoms. The Morgan fingerprint density at radius 1 is 1.00 bits per heavy atom. The first kappa shape index (κ1) is 19.7. The van der Waals surface area contributed by atoms with Crippen LogP contribution in [0.1, 0.15) is 24.5 Å². The summed E-state index contributed by atoms with van der Waals surface area (Å²) >= 11 is 0. The van der Waals surface area contributed by atoms with Gasteiger partial charge in [-0.2, -0.15) is 0 Å². The predicted octanol–water partition coefficient (Wildman–Crippen LogP) is 2.92.